The molecule has 1 N–H and O–H groups in total. The van der Waals surface area contributed by atoms with E-state index in [9.17, 15) is 23.2 Å². The molecule has 1 saturated heterocycles. The average molecular weight is 475 g/mol. The fraction of sp³-hybridized carbons (Fsp3) is 0.500. The molecule has 0 bridgehead atoms. The number of alkyl halides is 2. The molecule has 10 heteroatoms. The van der Waals surface area contributed by atoms with Crippen LogP contribution in [0.5, 0.6) is 0 Å². The van der Waals surface area contributed by atoms with Crippen molar-refractivity contribution < 1.29 is 23.1 Å². The van der Waals surface area contributed by atoms with Crippen molar-refractivity contribution in [2.75, 3.05) is 32.8 Å². The topological polar surface area (TPSA) is 95.6 Å². The van der Waals surface area contributed by atoms with Crippen LogP contribution in [-0.2, 0) is 29.1 Å². The molecule has 1 fully saturated rings. The number of nitrogens with one attached hydrogen (secondary N) is 1. The van der Waals surface area contributed by atoms with E-state index in [2.05, 4.69) is 9.97 Å². The fourth-order valence-electron chi connectivity index (χ4n) is 4.45. The summed E-state index contributed by atoms with van der Waals surface area (Å²) >= 11 is 0. The molecule has 1 aromatic heterocycles. The van der Waals surface area contributed by atoms with Gasteiger partial charge in [0.2, 0.25) is 5.91 Å². The molecule has 3 heterocycles. The van der Waals surface area contributed by atoms with Crippen molar-refractivity contribution in [1.82, 2.24) is 19.8 Å². The third-order valence-corrected chi connectivity index (χ3v) is 6.31. The van der Waals surface area contributed by atoms with Crippen molar-refractivity contribution in [2.24, 2.45) is 5.92 Å². The van der Waals surface area contributed by atoms with Gasteiger partial charge in [-0.15, -0.1) is 0 Å². The van der Waals surface area contributed by atoms with Gasteiger partial charge in [0.15, 0.2) is 5.78 Å². The first-order valence-electron chi connectivity index (χ1n) is 11.5. The Kier molecular flexibility index (Phi) is 7.79. The third kappa shape index (κ3) is 5.92. The number of ketones is 1. The van der Waals surface area contributed by atoms with E-state index < -0.39 is 18.9 Å². The molecule has 2 aliphatic heterocycles. The van der Waals surface area contributed by atoms with Crippen LogP contribution in [0, 0.1) is 5.92 Å². The Bertz CT molecular complexity index is 1070. The monoisotopic (exact) mass is 474 g/mol. The van der Waals surface area contributed by atoms with E-state index in [4.69, 9.17) is 4.74 Å². The van der Waals surface area contributed by atoms with E-state index in [0.717, 1.165) is 4.90 Å². The Hall–Kier alpha value is -2.98. The number of hydrogen-bond donors (Lipinski definition) is 1. The van der Waals surface area contributed by atoms with Crippen LogP contribution >= 0.6 is 0 Å². The first-order chi connectivity index (χ1) is 16.4. The van der Waals surface area contributed by atoms with Crippen LogP contribution in [0.25, 0.3) is 0 Å². The average Bonchev–Trinajstić information content (AvgIpc) is 2.84. The van der Waals surface area contributed by atoms with Gasteiger partial charge in [0.05, 0.1) is 44.1 Å². The Morgan fingerprint density at radius 2 is 1.94 bits per heavy atom. The number of rotatable bonds is 8. The largest absolute Gasteiger partial charge is 0.376 e. The summed E-state index contributed by atoms with van der Waals surface area (Å²) in [6.45, 7) is 0.700. The lowest BCUT2D eigenvalue weighted by molar-refractivity contribution is -0.135. The molecule has 0 atom stereocenters. The van der Waals surface area contributed by atoms with Gasteiger partial charge in [-0.25, -0.2) is 13.8 Å². The van der Waals surface area contributed by atoms with Crippen molar-refractivity contribution in [2.45, 2.75) is 38.8 Å². The number of H-pyrrole nitrogens is 1. The third-order valence-electron chi connectivity index (χ3n) is 6.31. The molecule has 0 unspecified atom stereocenters. The zero-order valence-corrected chi connectivity index (χ0v) is 18.8. The van der Waals surface area contributed by atoms with E-state index in [1.54, 1.807) is 12.1 Å². The summed E-state index contributed by atoms with van der Waals surface area (Å²) in [5, 5.41) is 0. The van der Waals surface area contributed by atoms with Crippen LogP contribution in [0.1, 0.15) is 40.3 Å². The highest BCUT2D eigenvalue weighted by Crippen LogP contribution is 2.22. The Morgan fingerprint density at radius 1 is 1.21 bits per heavy atom. The molecular formula is C24H28F2N4O4. The maximum absolute atomic E-state index is 13.2. The number of halogens is 2. The first kappa shape index (κ1) is 24.2. The first-order valence-corrected chi connectivity index (χ1v) is 11.5. The highest BCUT2D eigenvalue weighted by Gasteiger charge is 2.29. The number of piperidine rings is 1. The lowest BCUT2D eigenvalue weighted by Gasteiger charge is -2.32. The molecule has 182 valence electrons. The quantitative estimate of drug-likeness (QED) is 0.589. The number of fused-ring (bicyclic) bond motifs is 1. The van der Waals surface area contributed by atoms with E-state index in [-0.39, 0.29) is 42.8 Å². The lowest BCUT2D eigenvalue weighted by Crippen LogP contribution is -2.45. The molecule has 34 heavy (non-hydrogen) atoms. The van der Waals surface area contributed by atoms with Gasteiger partial charge in [-0.1, -0.05) is 30.3 Å². The molecule has 0 aliphatic carbocycles. The van der Waals surface area contributed by atoms with Gasteiger partial charge in [-0.05, 0) is 25.9 Å². The number of Topliss-reactive ketones (excluding diaryl/α,β-unsaturated/α-hetero) is 1. The number of ether oxygens (including phenoxy) is 1. The van der Waals surface area contributed by atoms with E-state index in [1.165, 1.54) is 0 Å². The Morgan fingerprint density at radius 3 is 2.65 bits per heavy atom. The SMILES string of the molecule is O=C(c1ccccc1)C1CCN(CC(=O)N(Cc2nc3c(c(=O)[nH]2)COCC3)CC(F)F)CC1. The molecular weight excluding hydrogens is 446 g/mol. The summed E-state index contributed by atoms with van der Waals surface area (Å²) in [5.41, 5.74) is 1.33. The highest BCUT2D eigenvalue weighted by atomic mass is 19.3. The molecule has 0 spiro atoms. The van der Waals surface area contributed by atoms with Gasteiger partial charge in [0.1, 0.15) is 5.82 Å². The molecule has 2 aromatic rings. The molecule has 4 rings (SSSR count). The minimum absolute atomic E-state index is 0.0258. The Balaban J connectivity index is 1.36. The summed E-state index contributed by atoms with van der Waals surface area (Å²) in [5.74, 6) is -0.290. The molecule has 0 saturated carbocycles. The number of nitrogens with zero attached hydrogens (tertiary/aromatic N) is 3. The van der Waals surface area contributed by atoms with Crippen molar-refractivity contribution in [3.63, 3.8) is 0 Å². The summed E-state index contributed by atoms with van der Waals surface area (Å²) in [6.07, 6.45) is -1.03. The summed E-state index contributed by atoms with van der Waals surface area (Å²) in [6, 6.07) is 9.12. The molecule has 2 aliphatic rings. The highest BCUT2D eigenvalue weighted by molar-refractivity contribution is 5.97. The molecule has 1 amide bonds. The number of likely N-dealkylation sites (tertiary alicyclic amines) is 1. The van der Waals surface area contributed by atoms with Crippen LogP contribution in [0.4, 0.5) is 8.78 Å². The molecule has 1 aromatic carbocycles. The number of hydrogen-bond acceptors (Lipinski definition) is 6. The van der Waals surface area contributed by atoms with E-state index >= 15 is 0 Å². The second-order valence-electron chi connectivity index (χ2n) is 8.69. The van der Waals surface area contributed by atoms with Gasteiger partial charge >= 0.3 is 0 Å². The zero-order valence-electron chi connectivity index (χ0n) is 18.8. The van der Waals surface area contributed by atoms with Crippen LogP contribution in [0.3, 0.4) is 0 Å². The van der Waals surface area contributed by atoms with Crippen molar-refractivity contribution in [3.05, 3.63) is 63.3 Å². The summed E-state index contributed by atoms with van der Waals surface area (Å²) < 4.78 is 31.7. The normalized spacial score (nSPS) is 16.9. The van der Waals surface area contributed by atoms with Crippen LogP contribution in [0.2, 0.25) is 0 Å². The van der Waals surface area contributed by atoms with Crippen LogP contribution in [-0.4, -0.2) is 70.7 Å². The fourth-order valence-corrected chi connectivity index (χ4v) is 4.45. The number of amides is 1. The van der Waals surface area contributed by atoms with Crippen LogP contribution < -0.4 is 5.56 Å². The van der Waals surface area contributed by atoms with Gasteiger partial charge in [0.25, 0.3) is 12.0 Å². The maximum atomic E-state index is 13.2. The maximum Gasteiger partial charge on any atom is 0.256 e. The number of benzene rings is 1. The number of aromatic nitrogens is 2. The molecule has 8 nitrogen and oxygen atoms in total. The standard InChI is InChI=1S/C24H28F2N4O4/c25-20(26)12-30(13-21-27-19-8-11-34-15-18(19)24(33)28-21)22(31)14-29-9-6-17(7-10-29)23(32)16-4-2-1-3-5-16/h1-5,17,20H,6-15H2,(H,27,28,33). The second-order valence-corrected chi connectivity index (χ2v) is 8.69. The number of carbonyl (C=O) groups excluding carboxylic acids is 2. The van der Waals surface area contributed by atoms with Gasteiger partial charge < -0.3 is 14.6 Å². The predicted molar refractivity (Wildman–Crippen MR) is 120 cm³/mol. The Labute approximate surface area is 195 Å². The van der Waals surface area contributed by atoms with E-state index in [1.807, 2.05) is 23.1 Å². The van der Waals surface area contributed by atoms with Gasteiger partial charge in [0, 0.05) is 17.9 Å². The number of carbonyl (C=O) groups is 2. The summed E-state index contributed by atoms with van der Waals surface area (Å²) in [7, 11) is 0. The molecule has 0 radical (unpaired) electrons. The second kappa shape index (κ2) is 11.0. The van der Waals surface area contributed by atoms with Crippen molar-refractivity contribution in [1.29, 1.82) is 0 Å². The zero-order chi connectivity index (χ0) is 24.1. The van der Waals surface area contributed by atoms with Crippen LogP contribution in [0.15, 0.2) is 35.1 Å². The minimum Gasteiger partial charge on any atom is -0.376 e. The smallest absolute Gasteiger partial charge is 0.256 e. The number of aromatic amines is 1. The van der Waals surface area contributed by atoms with Crippen molar-refractivity contribution in [3.8, 4) is 0 Å². The van der Waals surface area contributed by atoms with Gasteiger partial charge in [-0.3, -0.25) is 19.3 Å². The predicted octanol–water partition coefficient (Wildman–Crippen LogP) is 2.03. The summed E-state index contributed by atoms with van der Waals surface area (Å²) in [4.78, 5) is 47.8. The minimum atomic E-state index is -2.71. The van der Waals surface area contributed by atoms with Crippen molar-refractivity contribution >= 4 is 11.7 Å². The lowest BCUT2D eigenvalue weighted by atomic mass is 9.89. The van der Waals surface area contributed by atoms with Gasteiger partial charge in [-0.2, -0.15) is 0 Å². The van der Waals surface area contributed by atoms with E-state index in [0.29, 0.717) is 55.8 Å².